The van der Waals surface area contributed by atoms with Gasteiger partial charge in [-0.25, -0.2) is 14.8 Å². The lowest BCUT2D eigenvalue weighted by atomic mass is 10.4. The number of nitrogens with zero attached hydrogens (tertiary/aromatic N) is 6. The molecule has 2 heterocycles. The van der Waals surface area contributed by atoms with Crippen molar-refractivity contribution in [2.75, 3.05) is 20.1 Å². The van der Waals surface area contributed by atoms with Crippen molar-refractivity contribution in [1.29, 1.82) is 0 Å². The second-order valence-corrected chi connectivity index (χ2v) is 5.60. The van der Waals surface area contributed by atoms with Gasteiger partial charge in [0.25, 0.3) is 0 Å². The molecule has 0 radical (unpaired) electrons. The Morgan fingerprint density at radius 3 is 2.65 bits per heavy atom. The molecular formula is C15H25N7O. The molecule has 23 heavy (non-hydrogen) atoms. The lowest BCUT2D eigenvalue weighted by Gasteiger charge is -2.18. The lowest BCUT2D eigenvalue weighted by molar-refractivity contribution is 0.206. The van der Waals surface area contributed by atoms with Crippen LogP contribution >= 0.6 is 0 Å². The summed E-state index contributed by atoms with van der Waals surface area (Å²) < 4.78 is 3.90. The molecule has 0 spiro atoms. The maximum atomic E-state index is 12.0. The van der Waals surface area contributed by atoms with Gasteiger partial charge in [0.1, 0.15) is 17.5 Å². The highest BCUT2D eigenvalue weighted by molar-refractivity contribution is 5.73. The highest BCUT2D eigenvalue weighted by Gasteiger charge is 2.08. The van der Waals surface area contributed by atoms with Gasteiger partial charge in [0, 0.05) is 45.6 Å². The van der Waals surface area contributed by atoms with Crippen molar-refractivity contribution in [1.82, 2.24) is 34.5 Å². The zero-order valence-electron chi connectivity index (χ0n) is 14.3. The molecule has 0 aromatic carbocycles. The van der Waals surface area contributed by atoms with Crippen LogP contribution < -0.4 is 5.32 Å². The van der Waals surface area contributed by atoms with Crippen LogP contribution in [0.2, 0.25) is 0 Å². The average Bonchev–Trinajstić information content (AvgIpc) is 3.06. The average molecular weight is 319 g/mol. The van der Waals surface area contributed by atoms with Crippen molar-refractivity contribution in [3.63, 3.8) is 0 Å². The largest absolute Gasteiger partial charge is 0.338 e. The fourth-order valence-electron chi connectivity index (χ4n) is 2.33. The molecule has 2 amide bonds. The van der Waals surface area contributed by atoms with E-state index < -0.39 is 0 Å². The summed E-state index contributed by atoms with van der Waals surface area (Å²) in [5.41, 5.74) is 0. The third-order valence-corrected chi connectivity index (χ3v) is 3.73. The molecular weight excluding hydrogens is 294 g/mol. The van der Waals surface area contributed by atoms with E-state index in [9.17, 15) is 4.79 Å². The molecule has 0 fully saturated rings. The fraction of sp³-hybridized carbons (Fsp3) is 0.600. The number of urea groups is 1. The van der Waals surface area contributed by atoms with Crippen LogP contribution in [0.3, 0.4) is 0 Å². The molecule has 2 aromatic heterocycles. The van der Waals surface area contributed by atoms with Gasteiger partial charge in [-0.2, -0.15) is 5.10 Å². The summed E-state index contributed by atoms with van der Waals surface area (Å²) in [5, 5.41) is 7.23. The molecule has 8 heteroatoms. The molecule has 0 aliphatic carbocycles. The second-order valence-electron chi connectivity index (χ2n) is 5.60. The monoisotopic (exact) mass is 319 g/mol. The van der Waals surface area contributed by atoms with Crippen LogP contribution in [-0.4, -0.2) is 55.4 Å². The van der Waals surface area contributed by atoms with E-state index in [4.69, 9.17) is 0 Å². The molecule has 0 bridgehead atoms. The normalized spacial score (nSPS) is 10.8. The van der Waals surface area contributed by atoms with E-state index in [0.29, 0.717) is 13.1 Å². The van der Waals surface area contributed by atoms with Gasteiger partial charge in [0.05, 0.1) is 0 Å². The Labute approximate surface area is 136 Å². The van der Waals surface area contributed by atoms with Crippen molar-refractivity contribution in [3.05, 3.63) is 29.9 Å². The maximum absolute atomic E-state index is 12.0. The number of aromatic nitrogens is 5. The molecule has 2 aromatic rings. The van der Waals surface area contributed by atoms with Gasteiger partial charge in [-0.1, -0.05) is 0 Å². The minimum Gasteiger partial charge on any atom is -0.338 e. The van der Waals surface area contributed by atoms with E-state index in [1.165, 1.54) is 0 Å². The third kappa shape index (κ3) is 4.80. The molecule has 8 nitrogen and oxygen atoms in total. The summed E-state index contributed by atoms with van der Waals surface area (Å²) in [7, 11) is 1.80. The number of imidazole rings is 1. The topological polar surface area (TPSA) is 80.9 Å². The van der Waals surface area contributed by atoms with E-state index >= 15 is 0 Å². The Hall–Kier alpha value is -2.38. The first kappa shape index (κ1) is 17.0. The van der Waals surface area contributed by atoms with Crippen LogP contribution in [0.4, 0.5) is 4.79 Å². The van der Waals surface area contributed by atoms with Gasteiger partial charge >= 0.3 is 6.03 Å². The minimum absolute atomic E-state index is 0.0609. The first-order valence-corrected chi connectivity index (χ1v) is 7.82. The first-order chi connectivity index (χ1) is 11.0. The van der Waals surface area contributed by atoms with Gasteiger partial charge in [-0.3, -0.25) is 4.68 Å². The van der Waals surface area contributed by atoms with Crippen molar-refractivity contribution in [2.24, 2.45) is 0 Å². The quantitative estimate of drug-likeness (QED) is 0.776. The number of likely N-dealkylation sites (N-methyl/N-ethyl adjacent to an activating group) is 1. The first-order valence-electron chi connectivity index (χ1n) is 7.82. The van der Waals surface area contributed by atoms with Crippen molar-refractivity contribution in [3.8, 4) is 0 Å². The zero-order valence-corrected chi connectivity index (χ0v) is 14.3. The number of amides is 2. The summed E-state index contributed by atoms with van der Waals surface area (Å²) in [4.78, 5) is 22.1. The number of aryl methyl sites for hydroxylation is 4. The third-order valence-electron chi connectivity index (χ3n) is 3.73. The number of carbonyl (C=O) groups is 1. The number of hydrogen-bond donors (Lipinski definition) is 1. The summed E-state index contributed by atoms with van der Waals surface area (Å²) in [6, 6.07) is -0.0609. The smallest absolute Gasteiger partial charge is 0.317 e. The Morgan fingerprint density at radius 1 is 1.26 bits per heavy atom. The highest BCUT2D eigenvalue weighted by Crippen LogP contribution is 1.98. The van der Waals surface area contributed by atoms with Gasteiger partial charge < -0.3 is 14.8 Å². The predicted octanol–water partition coefficient (Wildman–Crippen LogP) is 1.13. The Bertz CT molecular complexity index is 646. The summed E-state index contributed by atoms with van der Waals surface area (Å²) in [6.45, 7) is 8.52. The highest BCUT2D eigenvalue weighted by atomic mass is 16.2. The van der Waals surface area contributed by atoms with Gasteiger partial charge in [-0.05, 0) is 27.2 Å². The predicted molar refractivity (Wildman–Crippen MR) is 87.1 cm³/mol. The zero-order chi connectivity index (χ0) is 16.8. The van der Waals surface area contributed by atoms with Crippen LogP contribution in [0.1, 0.15) is 23.9 Å². The standard InChI is InChI=1S/C15H25N7O/c1-12-18-14(3)22(19-12)8-5-6-17-15(23)20(4)10-11-21-9-7-16-13(21)2/h7,9H,5-6,8,10-11H2,1-4H3,(H,17,23). The minimum atomic E-state index is -0.0609. The molecule has 2 rings (SSSR count). The van der Waals surface area contributed by atoms with E-state index in [0.717, 1.165) is 37.0 Å². The number of nitrogens with one attached hydrogen (secondary N) is 1. The maximum Gasteiger partial charge on any atom is 0.317 e. The Kier molecular flexibility index (Phi) is 5.72. The van der Waals surface area contributed by atoms with E-state index in [1.54, 1.807) is 18.1 Å². The Balaban J connectivity index is 1.66. The fourth-order valence-corrected chi connectivity index (χ4v) is 2.33. The molecule has 0 saturated carbocycles. The van der Waals surface area contributed by atoms with E-state index in [-0.39, 0.29) is 6.03 Å². The molecule has 1 N–H and O–H groups in total. The van der Waals surface area contributed by atoms with Crippen LogP contribution in [0, 0.1) is 20.8 Å². The SMILES string of the molecule is Cc1nc(C)n(CCCNC(=O)N(C)CCn2ccnc2C)n1. The summed E-state index contributed by atoms with van der Waals surface area (Å²) in [5.74, 6) is 2.64. The number of rotatable bonds is 7. The molecule has 0 atom stereocenters. The van der Waals surface area contributed by atoms with E-state index in [1.807, 2.05) is 36.2 Å². The molecule has 0 aliphatic heterocycles. The lowest BCUT2D eigenvalue weighted by Crippen LogP contribution is -2.39. The van der Waals surface area contributed by atoms with Crippen molar-refractivity contribution in [2.45, 2.75) is 40.3 Å². The van der Waals surface area contributed by atoms with Gasteiger partial charge in [0.15, 0.2) is 0 Å². The molecule has 0 aliphatic rings. The van der Waals surface area contributed by atoms with E-state index in [2.05, 4.69) is 20.4 Å². The summed E-state index contributed by atoms with van der Waals surface area (Å²) >= 11 is 0. The van der Waals surface area contributed by atoms with Gasteiger partial charge in [-0.15, -0.1) is 0 Å². The van der Waals surface area contributed by atoms with Gasteiger partial charge in [0.2, 0.25) is 0 Å². The van der Waals surface area contributed by atoms with Crippen molar-refractivity contribution >= 4 is 6.03 Å². The molecule has 0 unspecified atom stereocenters. The number of hydrogen-bond acceptors (Lipinski definition) is 4. The van der Waals surface area contributed by atoms with Crippen LogP contribution in [0.25, 0.3) is 0 Å². The van der Waals surface area contributed by atoms with Crippen LogP contribution in [0.5, 0.6) is 0 Å². The van der Waals surface area contributed by atoms with Crippen LogP contribution in [0.15, 0.2) is 12.4 Å². The Morgan fingerprint density at radius 2 is 2.04 bits per heavy atom. The second kappa shape index (κ2) is 7.75. The molecule has 0 saturated heterocycles. The molecule has 126 valence electrons. The summed E-state index contributed by atoms with van der Waals surface area (Å²) in [6.07, 6.45) is 4.51. The van der Waals surface area contributed by atoms with Crippen molar-refractivity contribution < 1.29 is 4.79 Å². The van der Waals surface area contributed by atoms with Crippen LogP contribution in [-0.2, 0) is 13.1 Å². The number of carbonyl (C=O) groups excluding carboxylic acids is 1.